The van der Waals surface area contributed by atoms with Gasteiger partial charge in [0.05, 0.1) is 11.0 Å². The number of rotatable bonds is 5. The number of nitro groups is 1. The van der Waals surface area contributed by atoms with Crippen LogP contribution < -0.4 is 5.32 Å². The van der Waals surface area contributed by atoms with Crippen LogP contribution in [0.25, 0.3) is 0 Å². The maximum absolute atomic E-state index is 10.9. The predicted octanol–water partition coefficient (Wildman–Crippen LogP) is 2.95. The molecule has 0 aliphatic heterocycles. The molecule has 0 spiro atoms. The van der Waals surface area contributed by atoms with E-state index in [1.54, 1.807) is 19.2 Å². The van der Waals surface area contributed by atoms with Gasteiger partial charge in [0.15, 0.2) is 0 Å². The number of hydrogen-bond acceptors (Lipinski definition) is 4. The molecule has 2 atom stereocenters. The Morgan fingerprint density at radius 1 is 1.45 bits per heavy atom. The SMILES string of the molecule is COC1CCCC(NCc2cccc([N+](=O)[O-])c2C)C1. The summed E-state index contributed by atoms with van der Waals surface area (Å²) in [5.41, 5.74) is 1.95. The topological polar surface area (TPSA) is 64.4 Å². The third kappa shape index (κ3) is 3.55. The summed E-state index contributed by atoms with van der Waals surface area (Å²) in [6.07, 6.45) is 4.81. The van der Waals surface area contributed by atoms with Crippen LogP contribution in [0.15, 0.2) is 18.2 Å². The molecule has 0 saturated heterocycles. The molecule has 1 N–H and O–H groups in total. The second kappa shape index (κ2) is 6.81. The van der Waals surface area contributed by atoms with Crippen molar-refractivity contribution in [1.29, 1.82) is 0 Å². The smallest absolute Gasteiger partial charge is 0.272 e. The summed E-state index contributed by atoms with van der Waals surface area (Å²) < 4.78 is 5.42. The molecule has 1 aliphatic rings. The largest absolute Gasteiger partial charge is 0.381 e. The van der Waals surface area contributed by atoms with Crippen molar-refractivity contribution in [2.75, 3.05) is 7.11 Å². The first-order valence-electron chi connectivity index (χ1n) is 7.11. The molecule has 5 nitrogen and oxygen atoms in total. The molecule has 0 heterocycles. The first-order valence-corrected chi connectivity index (χ1v) is 7.11. The van der Waals surface area contributed by atoms with Gasteiger partial charge in [-0.25, -0.2) is 0 Å². The van der Waals surface area contributed by atoms with E-state index < -0.39 is 0 Å². The van der Waals surface area contributed by atoms with Gasteiger partial charge in [0.1, 0.15) is 0 Å². The summed E-state index contributed by atoms with van der Waals surface area (Å²) >= 11 is 0. The maximum Gasteiger partial charge on any atom is 0.272 e. The number of nitrogens with zero attached hydrogens (tertiary/aromatic N) is 1. The summed E-state index contributed by atoms with van der Waals surface area (Å²) in [5, 5.41) is 14.4. The Hall–Kier alpha value is -1.46. The number of methoxy groups -OCH3 is 1. The molecule has 2 unspecified atom stereocenters. The van der Waals surface area contributed by atoms with Crippen molar-refractivity contribution in [2.45, 2.75) is 51.3 Å². The Labute approximate surface area is 119 Å². The Balaban J connectivity index is 1.97. The third-order valence-electron chi connectivity index (χ3n) is 4.15. The normalized spacial score (nSPS) is 22.7. The highest BCUT2D eigenvalue weighted by Crippen LogP contribution is 2.23. The molecule has 1 aromatic carbocycles. The molecule has 0 bridgehead atoms. The molecule has 110 valence electrons. The molecule has 1 fully saturated rings. The number of hydrogen-bond donors (Lipinski definition) is 1. The molecular formula is C15H22N2O3. The first-order chi connectivity index (χ1) is 9.61. The highest BCUT2D eigenvalue weighted by Gasteiger charge is 2.21. The Morgan fingerprint density at radius 2 is 2.25 bits per heavy atom. The lowest BCUT2D eigenvalue weighted by atomic mass is 9.92. The minimum absolute atomic E-state index is 0.197. The average molecular weight is 278 g/mol. The van der Waals surface area contributed by atoms with Crippen LogP contribution in [0.3, 0.4) is 0 Å². The summed E-state index contributed by atoms with van der Waals surface area (Å²) in [6.45, 7) is 2.49. The maximum atomic E-state index is 10.9. The molecule has 20 heavy (non-hydrogen) atoms. The second-order valence-electron chi connectivity index (χ2n) is 5.42. The van der Waals surface area contributed by atoms with Gasteiger partial charge in [-0.05, 0) is 38.2 Å². The first kappa shape index (κ1) is 14.9. The highest BCUT2D eigenvalue weighted by molar-refractivity contribution is 5.44. The van der Waals surface area contributed by atoms with Gasteiger partial charge in [0.2, 0.25) is 0 Å². The molecule has 1 aromatic rings. The van der Waals surface area contributed by atoms with Crippen LogP contribution in [-0.2, 0) is 11.3 Å². The van der Waals surface area contributed by atoms with Crippen molar-refractivity contribution < 1.29 is 9.66 Å². The molecule has 0 aromatic heterocycles. The lowest BCUT2D eigenvalue weighted by Crippen LogP contribution is -2.36. The summed E-state index contributed by atoms with van der Waals surface area (Å²) in [7, 11) is 1.76. The molecule has 2 rings (SSSR count). The quantitative estimate of drug-likeness (QED) is 0.664. The lowest BCUT2D eigenvalue weighted by molar-refractivity contribution is -0.385. The zero-order valence-corrected chi connectivity index (χ0v) is 12.1. The van der Waals surface area contributed by atoms with Gasteiger partial charge < -0.3 is 10.1 Å². The third-order valence-corrected chi connectivity index (χ3v) is 4.15. The van der Waals surface area contributed by atoms with Gasteiger partial charge in [0, 0.05) is 31.3 Å². The van der Waals surface area contributed by atoms with Gasteiger partial charge in [0.25, 0.3) is 5.69 Å². The van der Waals surface area contributed by atoms with Crippen molar-refractivity contribution in [3.05, 3.63) is 39.4 Å². The lowest BCUT2D eigenvalue weighted by Gasteiger charge is -2.29. The van der Waals surface area contributed by atoms with Crippen LogP contribution in [0.5, 0.6) is 0 Å². The zero-order chi connectivity index (χ0) is 14.5. The van der Waals surface area contributed by atoms with Crippen molar-refractivity contribution >= 4 is 5.69 Å². The fraction of sp³-hybridized carbons (Fsp3) is 0.600. The van der Waals surface area contributed by atoms with Crippen LogP contribution in [0, 0.1) is 17.0 Å². The zero-order valence-electron chi connectivity index (χ0n) is 12.1. The fourth-order valence-corrected chi connectivity index (χ4v) is 2.86. The molecular weight excluding hydrogens is 256 g/mol. The van der Waals surface area contributed by atoms with E-state index in [0.29, 0.717) is 18.7 Å². The highest BCUT2D eigenvalue weighted by atomic mass is 16.6. The van der Waals surface area contributed by atoms with Crippen LogP contribution in [0.2, 0.25) is 0 Å². The van der Waals surface area contributed by atoms with E-state index in [0.717, 1.165) is 30.4 Å². The second-order valence-corrected chi connectivity index (χ2v) is 5.42. The van der Waals surface area contributed by atoms with Crippen molar-refractivity contribution in [1.82, 2.24) is 5.32 Å². The van der Waals surface area contributed by atoms with Gasteiger partial charge in [-0.1, -0.05) is 12.1 Å². The van der Waals surface area contributed by atoms with E-state index in [9.17, 15) is 10.1 Å². The van der Waals surface area contributed by atoms with Crippen LogP contribution >= 0.6 is 0 Å². The van der Waals surface area contributed by atoms with Crippen molar-refractivity contribution in [3.63, 3.8) is 0 Å². The van der Waals surface area contributed by atoms with Crippen molar-refractivity contribution in [2.24, 2.45) is 0 Å². The van der Waals surface area contributed by atoms with Crippen LogP contribution in [0.1, 0.15) is 36.8 Å². The van der Waals surface area contributed by atoms with E-state index in [1.165, 1.54) is 6.42 Å². The fourth-order valence-electron chi connectivity index (χ4n) is 2.86. The van der Waals surface area contributed by atoms with Gasteiger partial charge in [-0.2, -0.15) is 0 Å². The summed E-state index contributed by atoms with van der Waals surface area (Å²) in [4.78, 5) is 10.6. The van der Waals surface area contributed by atoms with Crippen molar-refractivity contribution in [3.8, 4) is 0 Å². The Morgan fingerprint density at radius 3 is 2.95 bits per heavy atom. The van der Waals surface area contributed by atoms with E-state index >= 15 is 0 Å². The van der Waals surface area contributed by atoms with E-state index in [-0.39, 0.29) is 10.6 Å². The van der Waals surface area contributed by atoms with Gasteiger partial charge in [-0.15, -0.1) is 0 Å². The summed E-state index contributed by atoms with van der Waals surface area (Å²) in [6, 6.07) is 5.69. The molecule has 1 saturated carbocycles. The van der Waals surface area contributed by atoms with Gasteiger partial charge in [-0.3, -0.25) is 10.1 Å². The van der Waals surface area contributed by atoms with E-state index in [1.807, 2.05) is 13.0 Å². The number of nitrogens with one attached hydrogen (secondary N) is 1. The Bertz CT molecular complexity index is 476. The Kier molecular flexibility index (Phi) is 5.09. The van der Waals surface area contributed by atoms with Gasteiger partial charge >= 0.3 is 0 Å². The minimum Gasteiger partial charge on any atom is -0.381 e. The summed E-state index contributed by atoms with van der Waals surface area (Å²) in [5.74, 6) is 0. The predicted molar refractivity (Wildman–Crippen MR) is 77.7 cm³/mol. The average Bonchev–Trinajstić information content (AvgIpc) is 2.46. The van der Waals surface area contributed by atoms with E-state index in [2.05, 4.69) is 5.32 Å². The van der Waals surface area contributed by atoms with Crippen LogP contribution in [-0.4, -0.2) is 24.2 Å². The number of ether oxygens (including phenoxy) is 1. The number of benzene rings is 1. The van der Waals surface area contributed by atoms with E-state index in [4.69, 9.17) is 4.74 Å². The van der Waals surface area contributed by atoms with Crippen LogP contribution in [0.4, 0.5) is 5.69 Å². The minimum atomic E-state index is -0.319. The molecule has 0 amide bonds. The monoisotopic (exact) mass is 278 g/mol. The number of nitro benzene ring substituents is 1. The molecule has 0 radical (unpaired) electrons. The molecule has 1 aliphatic carbocycles. The molecule has 5 heteroatoms. The standard InChI is InChI=1S/C15H22N2O3/c1-11-12(5-3-8-15(11)17(18)19)10-16-13-6-4-7-14(9-13)20-2/h3,5,8,13-14,16H,4,6-7,9-10H2,1-2H3.